The molecule has 0 radical (unpaired) electrons. The van der Waals surface area contributed by atoms with Crippen LogP contribution in [0.1, 0.15) is 47.1 Å². The molecule has 0 aromatic heterocycles. The quantitative estimate of drug-likeness (QED) is 0.747. The molecule has 3 N–H and O–H groups in total. The molecule has 0 spiro atoms. The van der Waals surface area contributed by atoms with E-state index in [-0.39, 0.29) is 17.6 Å². The lowest BCUT2D eigenvalue weighted by Crippen LogP contribution is -2.51. The van der Waals surface area contributed by atoms with Crippen LogP contribution in [0.5, 0.6) is 0 Å². The maximum atomic E-state index is 12.0. The van der Waals surface area contributed by atoms with Crippen LogP contribution < -0.4 is 16.0 Å². The van der Waals surface area contributed by atoms with Crippen LogP contribution in [0.2, 0.25) is 0 Å². The molecule has 1 aromatic carbocycles. The van der Waals surface area contributed by atoms with Gasteiger partial charge in [0.25, 0.3) is 0 Å². The van der Waals surface area contributed by atoms with E-state index in [2.05, 4.69) is 16.0 Å². The largest absolute Gasteiger partial charge is 0.374 e. The average Bonchev–Trinajstić information content (AvgIpc) is 2.43. The van der Waals surface area contributed by atoms with Crippen LogP contribution in [0.15, 0.2) is 24.3 Å². The number of urea groups is 1. The third-order valence-electron chi connectivity index (χ3n) is 3.01. The van der Waals surface area contributed by atoms with Gasteiger partial charge in [-0.3, -0.25) is 4.79 Å². The molecule has 0 bridgehead atoms. The van der Waals surface area contributed by atoms with Crippen molar-refractivity contribution >= 4 is 17.6 Å². The van der Waals surface area contributed by atoms with E-state index >= 15 is 0 Å². The summed E-state index contributed by atoms with van der Waals surface area (Å²) in [5, 5.41) is 8.19. The fourth-order valence-electron chi connectivity index (χ4n) is 1.91. The lowest BCUT2D eigenvalue weighted by molar-refractivity contribution is -0.123. The Kier molecular flexibility index (Phi) is 7.22. The Balaban J connectivity index is 2.55. The van der Waals surface area contributed by atoms with E-state index in [0.717, 1.165) is 5.56 Å². The molecule has 1 atom stereocenters. The second kappa shape index (κ2) is 8.68. The van der Waals surface area contributed by atoms with Gasteiger partial charge in [0.2, 0.25) is 5.91 Å². The number of hydrogen-bond donors (Lipinski definition) is 3. The standard InChI is InChI=1S/C18H29N3O3/c1-12(2)24-11-14-8-7-9-15(10-14)20-17(23)19-13(3)16(22)21-18(4,5)6/h7-10,12-13H,11H2,1-6H3,(H,21,22)(H2,19,20,23). The van der Waals surface area contributed by atoms with Crippen molar-refractivity contribution in [2.24, 2.45) is 0 Å². The molecule has 0 aliphatic carbocycles. The molecule has 1 rings (SSSR count). The van der Waals surface area contributed by atoms with Crippen LogP contribution >= 0.6 is 0 Å². The van der Waals surface area contributed by atoms with Crippen molar-refractivity contribution in [3.05, 3.63) is 29.8 Å². The summed E-state index contributed by atoms with van der Waals surface area (Å²) in [4.78, 5) is 24.0. The van der Waals surface area contributed by atoms with Crippen molar-refractivity contribution in [3.8, 4) is 0 Å². The summed E-state index contributed by atoms with van der Waals surface area (Å²) in [5.41, 5.74) is 1.29. The zero-order chi connectivity index (χ0) is 18.3. The molecule has 0 saturated carbocycles. The normalized spacial score (nSPS) is 12.6. The highest BCUT2D eigenvalue weighted by atomic mass is 16.5. The summed E-state index contributed by atoms with van der Waals surface area (Å²) in [5.74, 6) is -0.225. The second-order valence-corrected chi connectivity index (χ2v) is 7.12. The molecular formula is C18H29N3O3. The van der Waals surface area contributed by atoms with Crippen LogP contribution in [0.4, 0.5) is 10.5 Å². The van der Waals surface area contributed by atoms with Crippen molar-refractivity contribution in [1.82, 2.24) is 10.6 Å². The van der Waals surface area contributed by atoms with Gasteiger partial charge < -0.3 is 20.7 Å². The maximum absolute atomic E-state index is 12.0. The summed E-state index contributed by atoms with van der Waals surface area (Å²) in [6.07, 6.45) is 0.145. The zero-order valence-corrected chi connectivity index (χ0v) is 15.4. The molecule has 0 heterocycles. The molecular weight excluding hydrogens is 306 g/mol. The van der Waals surface area contributed by atoms with Gasteiger partial charge in [-0.05, 0) is 59.2 Å². The van der Waals surface area contributed by atoms with Gasteiger partial charge in [-0.25, -0.2) is 4.79 Å². The molecule has 0 fully saturated rings. The molecule has 0 aliphatic rings. The number of amides is 3. The van der Waals surface area contributed by atoms with Crippen LogP contribution in [-0.2, 0) is 16.1 Å². The first-order chi connectivity index (χ1) is 11.1. The van der Waals surface area contributed by atoms with Crippen molar-refractivity contribution in [3.63, 3.8) is 0 Å². The Hall–Kier alpha value is -2.08. The summed E-state index contributed by atoms with van der Waals surface area (Å²) in [6, 6.07) is 6.38. The van der Waals surface area contributed by atoms with Gasteiger partial charge in [-0.15, -0.1) is 0 Å². The summed E-state index contributed by atoms with van der Waals surface area (Å²) in [6.45, 7) is 11.7. The number of ether oxygens (including phenoxy) is 1. The Labute approximate surface area is 144 Å². The summed E-state index contributed by atoms with van der Waals surface area (Å²) in [7, 11) is 0. The number of carbonyl (C=O) groups is 2. The highest BCUT2D eigenvalue weighted by Gasteiger charge is 2.20. The fraction of sp³-hybridized carbons (Fsp3) is 0.556. The number of anilines is 1. The Morgan fingerprint density at radius 1 is 1.17 bits per heavy atom. The first-order valence-electron chi connectivity index (χ1n) is 8.17. The zero-order valence-electron chi connectivity index (χ0n) is 15.4. The number of benzene rings is 1. The minimum absolute atomic E-state index is 0.145. The Bertz CT molecular complexity index is 565. The predicted octanol–water partition coefficient (Wildman–Crippen LogP) is 3.04. The van der Waals surface area contributed by atoms with Crippen molar-refractivity contribution < 1.29 is 14.3 Å². The van der Waals surface area contributed by atoms with Gasteiger partial charge in [0.05, 0.1) is 12.7 Å². The van der Waals surface area contributed by atoms with E-state index in [4.69, 9.17) is 4.74 Å². The summed E-state index contributed by atoms with van der Waals surface area (Å²) >= 11 is 0. The molecule has 0 saturated heterocycles. The molecule has 0 aliphatic heterocycles. The molecule has 134 valence electrons. The Morgan fingerprint density at radius 2 is 1.83 bits per heavy atom. The smallest absolute Gasteiger partial charge is 0.319 e. The highest BCUT2D eigenvalue weighted by Crippen LogP contribution is 2.12. The minimum Gasteiger partial charge on any atom is -0.374 e. The van der Waals surface area contributed by atoms with E-state index in [9.17, 15) is 9.59 Å². The number of nitrogens with one attached hydrogen (secondary N) is 3. The van der Waals surface area contributed by atoms with Crippen LogP contribution in [0.25, 0.3) is 0 Å². The van der Waals surface area contributed by atoms with Crippen LogP contribution in [-0.4, -0.2) is 29.6 Å². The first kappa shape index (κ1) is 20.0. The van der Waals surface area contributed by atoms with Gasteiger partial charge in [-0.1, -0.05) is 12.1 Å². The molecule has 1 unspecified atom stereocenters. The molecule has 6 nitrogen and oxygen atoms in total. The van der Waals surface area contributed by atoms with Crippen LogP contribution in [0.3, 0.4) is 0 Å². The highest BCUT2D eigenvalue weighted by molar-refractivity contribution is 5.93. The first-order valence-corrected chi connectivity index (χ1v) is 8.17. The third kappa shape index (κ3) is 7.97. The summed E-state index contributed by atoms with van der Waals surface area (Å²) < 4.78 is 5.55. The van der Waals surface area contributed by atoms with E-state index < -0.39 is 12.1 Å². The number of rotatable bonds is 6. The maximum Gasteiger partial charge on any atom is 0.319 e. The van der Waals surface area contributed by atoms with E-state index in [1.165, 1.54) is 0 Å². The lowest BCUT2D eigenvalue weighted by atomic mass is 10.1. The van der Waals surface area contributed by atoms with Gasteiger partial charge in [0.15, 0.2) is 0 Å². The van der Waals surface area contributed by atoms with Gasteiger partial charge in [-0.2, -0.15) is 0 Å². The van der Waals surface area contributed by atoms with E-state index in [0.29, 0.717) is 12.3 Å². The number of carbonyl (C=O) groups excluding carboxylic acids is 2. The van der Waals surface area contributed by atoms with E-state index in [1.54, 1.807) is 13.0 Å². The molecule has 1 aromatic rings. The van der Waals surface area contributed by atoms with Crippen molar-refractivity contribution in [2.75, 3.05) is 5.32 Å². The predicted molar refractivity (Wildman–Crippen MR) is 95.9 cm³/mol. The van der Waals surface area contributed by atoms with Gasteiger partial charge in [0, 0.05) is 11.2 Å². The molecule has 3 amide bonds. The molecule has 24 heavy (non-hydrogen) atoms. The van der Waals surface area contributed by atoms with Crippen molar-refractivity contribution in [2.45, 2.75) is 65.8 Å². The number of hydrogen-bond acceptors (Lipinski definition) is 3. The van der Waals surface area contributed by atoms with Gasteiger partial charge >= 0.3 is 6.03 Å². The van der Waals surface area contributed by atoms with Crippen LogP contribution in [0, 0.1) is 0 Å². The average molecular weight is 335 g/mol. The lowest BCUT2D eigenvalue weighted by Gasteiger charge is -2.23. The fourth-order valence-corrected chi connectivity index (χ4v) is 1.91. The Morgan fingerprint density at radius 3 is 2.42 bits per heavy atom. The monoisotopic (exact) mass is 335 g/mol. The van der Waals surface area contributed by atoms with Crippen molar-refractivity contribution in [1.29, 1.82) is 0 Å². The van der Waals surface area contributed by atoms with E-state index in [1.807, 2.05) is 52.8 Å². The minimum atomic E-state index is -0.628. The third-order valence-corrected chi connectivity index (χ3v) is 3.01. The topological polar surface area (TPSA) is 79.5 Å². The molecule has 6 heteroatoms. The van der Waals surface area contributed by atoms with Gasteiger partial charge in [0.1, 0.15) is 6.04 Å². The second-order valence-electron chi connectivity index (χ2n) is 7.12. The SMILES string of the molecule is CC(C)OCc1cccc(NC(=O)NC(C)C(=O)NC(C)(C)C)c1.